The van der Waals surface area contributed by atoms with Gasteiger partial charge in [0.1, 0.15) is 5.75 Å². The van der Waals surface area contributed by atoms with Gasteiger partial charge in [-0.15, -0.1) is 11.3 Å². The van der Waals surface area contributed by atoms with Crippen LogP contribution in [0.3, 0.4) is 0 Å². The average molecular weight is 298 g/mol. The van der Waals surface area contributed by atoms with Crippen LogP contribution in [0.15, 0.2) is 11.4 Å². The van der Waals surface area contributed by atoms with Gasteiger partial charge in [-0.1, -0.05) is 0 Å². The molecule has 1 spiro atoms. The largest absolute Gasteiger partial charge is 0.496 e. The first kappa shape index (κ1) is 13.5. The van der Waals surface area contributed by atoms with E-state index in [-0.39, 0.29) is 17.3 Å². The van der Waals surface area contributed by atoms with E-state index in [1.54, 1.807) is 7.11 Å². The number of thioether (sulfide) groups is 1. The van der Waals surface area contributed by atoms with Crippen LogP contribution in [-0.4, -0.2) is 36.6 Å². The zero-order valence-electron chi connectivity index (χ0n) is 11.0. The molecule has 5 heteroatoms. The second-order valence-corrected chi connectivity index (χ2v) is 7.26. The maximum absolute atomic E-state index is 12.6. The third kappa shape index (κ3) is 2.69. The monoisotopic (exact) mass is 298 g/mol. The molecule has 3 rings (SSSR count). The van der Waals surface area contributed by atoms with E-state index in [0.717, 1.165) is 48.0 Å². The number of methoxy groups -OCH3 is 1. The van der Waals surface area contributed by atoms with Crippen LogP contribution in [0.1, 0.15) is 28.9 Å². The lowest BCUT2D eigenvalue weighted by Gasteiger charge is -2.37. The molecule has 1 aromatic rings. The summed E-state index contributed by atoms with van der Waals surface area (Å²) in [5.74, 6) is 3.38. The van der Waals surface area contributed by atoms with Gasteiger partial charge in [-0.2, -0.15) is 11.8 Å². The van der Waals surface area contributed by atoms with Gasteiger partial charge in [0, 0.05) is 29.7 Å². The summed E-state index contributed by atoms with van der Waals surface area (Å²) in [6.45, 7) is 0.722. The molecule has 1 aromatic heterocycles. The predicted octanol–water partition coefficient (Wildman–Crippen LogP) is 3.24. The van der Waals surface area contributed by atoms with Crippen LogP contribution in [0.5, 0.6) is 5.75 Å². The standard InChI is InChI=1S/C14H18O3S2/c1-16-11-6-12(19-8-11)13(15)10-2-4-17-14(7-10)3-5-18-9-14/h6,8,10H,2-5,7,9H2,1H3. The van der Waals surface area contributed by atoms with Crippen LogP contribution >= 0.6 is 23.1 Å². The van der Waals surface area contributed by atoms with Crippen molar-refractivity contribution < 1.29 is 14.3 Å². The fourth-order valence-corrected chi connectivity index (χ4v) is 5.12. The smallest absolute Gasteiger partial charge is 0.176 e. The van der Waals surface area contributed by atoms with Gasteiger partial charge in [-0.3, -0.25) is 4.79 Å². The number of rotatable bonds is 3. The maximum Gasteiger partial charge on any atom is 0.176 e. The number of hydrogen-bond acceptors (Lipinski definition) is 5. The van der Waals surface area contributed by atoms with Crippen molar-refractivity contribution in [3.05, 3.63) is 16.3 Å². The Bertz CT molecular complexity index is 463. The van der Waals surface area contributed by atoms with Crippen molar-refractivity contribution >= 4 is 28.9 Å². The number of Topliss-reactive ketones (excluding diaryl/α,β-unsaturated/α-hetero) is 1. The lowest BCUT2D eigenvalue weighted by Crippen LogP contribution is -2.41. The second-order valence-electron chi connectivity index (χ2n) is 5.24. The highest BCUT2D eigenvalue weighted by Gasteiger charge is 2.42. The highest BCUT2D eigenvalue weighted by atomic mass is 32.2. The number of hydrogen-bond donors (Lipinski definition) is 0. The molecule has 3 nitrogen and oxygen atoms in total. The number of carbonyl (C=O) groups is 1. The highest BCUT2D eigenvalue weighted by Crippen LogP contribution is 2.41. The molecule has 2 aliphatic rings. The van der Waals surface area contributed by atoms with Gasteiger partial charge >= 0.3 is 0 Å². The van der Waals surface area contributed by atoms with Gasteiger partial charge in [0.05, 0.1) is 17.6 Å². The first-order chi connectivity index (χ1) is 9.22. The molecular formula is C14H18O3S2. The Morgan fingerprint density at radius 3 is 3.16 bits per heavy atom. The summed E-state index contributed by atoms with van der Waals surface area (Å²) in [5.41, 5.74) is -0.0232. The molecule has 0 amide bonds. The van der Waals surface area contributed by atoms with Gasteiger partial charge in [0.25, 0.3) is 0 Å². The van der Waals surface area contributed by atoms with Gasteiger partial charge in [-0.25, -0.2) is 0 Å². The van der Waals surface area contributed by atoms with Crippen molar-refractivity contribution in [2.24, 2.45) is 5.92 Å². The first-order valence-corrected chi connectivity index (χ1v) is 8.64. The Hall–Kier alpha value is -0.520. The van der Waals surface area contributed by atoms with Crippen LogP contribution in [0, 0.1) is 5.92 Å². The quantitative estimate of drug-likeness (QED) is 0.803. The lowest BCUT2D eigenvalue weighted by atomic mass is 9.82. The van der Waals surface area contributed by atoms with E-state index in [1.807, 2.05) is 23.2 Å². The number of thiophene rings is 1. The first-order valence-electron chi connectivity index (χ1n) is 6.61. The second kappa shape index (κ2) is 5.46. The third-order valence-corrected chi connectivity index (χ3v) is 6.13. The number of ketones is 1. The SMILES string of the molecule is COc1csc(C(=O)C2CCOC3(CCSC3)C2)c1. The maximum atomic E-state index is 12.6. The Labute approximate surface area is 121 Å². The zero-order chi connectivity index (χ0) is 13.3. The van der Waals surface area contributed by atoms with Crippen LogP contribution in [0.4, 0.5) is 0 Å². The third-order valence-electron chi connectivity index (χ3n) is 3.98. The summed E-state index contributed by atoms with van der Waals surface area (Å²) in [6, 6.07) is 1.86. The van der Waals surface area contributed by atoms with Crippen molar-refractivity contribution in [3.8, 4) is 5.75 Å². The molecule has 2 saturated heterocycles. The van der Waals surface area contributed by atoms with Crippen LogP contribution < -0.4 is 4.74 Å². The Morgan fingerprint density at radius 1 is 1.58 bits per heavy atom. The fraction of sp³-hybridized carbons (Fsp3) is 0.643. The van der Waals surface area contributed by atoms with E-state index in [9.17, 15) is 4.79 Å². The Balaban J connectivity index is 1.72. The summed E-state index contributed by atoms with van der Waals surface area (Å²) in [5, 5.41) is 1.90. The van der Waals surface area contributed by atoms with Crippen molar-refractivity contribution in [1.82, 2.24) is 0 Å². The summed E-state index contributed by atoms with van der Waals surface area (Å²) in [4.78, 5) is 13.4. The van der Waals surface area contributed by atoms with E-state index in [1.165, 1.54) is 11.3 Å². The van der Waals surface area contributed by atoms with Crippen LogP contribution in [0.2, 0.25) is 0 Å². The van der Waals surface area contributed by atoms with Crippen molar-refractivity contribution in [2.45, 2.75) is 24.9 Å². The molecule has 104 valence electrons. The molecule has 2 unspecified atom stereocenters. The zero-order valence-corrected chi connectivity index (χ0v) is 12.6. The van der Waals surface area contributed by atoms with Crippen molar-refractivity contribution in [3.63, 3.8) is 0 Å². The number of carbonyl (C=O) groups excluding carboxylic acids is 1. The van der Waals surface area contributed by atoms with E-state index >= 15 is 0 Å². The summed E-state index contributed by atoms with van der Waals surface area (Å²) >= 11 is 3.43. The predicted molar refractivity (Wildman–Crippen MR) is 78.6 cm³/mol. The van der Waals surface area contributed by atoms with E-state index < -0.39 is 0 Å². The molecule has 0 radical (unpaired) electrons. The highest BCUT2D eigenvalue weighted by molar-refractivity contribution is 7.99. The molecule has 2 fully saturated rings. The van der Waals surface area contributed by atoms with Crippen LogP contribution in [-0.2, 0) is 4.74 Å². The summed E-state index contributed by atoms with van der Waals surface area (Å²) in [7, 11) is 1.63. The molecule has 0 N–H and O–H groups in total. The Kier molecular flexibility index (Phi) is 3.87. The van der Waals surface area contributed by atoms with Gasteiger partial charge < -0.3 is 9.47 Å². The Morgan fingerprint density at radius 2 is 2.47 bits per heavy atom. The molecule has 0 aliphatic carbocycles. The molecule has 0 bridgehead atoms. The van der Waals surface area contributed by atoms with E-state index in [2.05, 4.69) is 0 Å². The van der Waals surface area contributed by atoms with Gasteiger partial charge in [0.2, 0.25) is 0 Å². The fourth-order valence-electron chi connectivity index (χ4n) is 2.87. The van der Waals surface area contributed by atoms with E-state index in [4.69, 9.17) is 9.47 Å². The molecule has 0 aromatic carbocycles. The molecule has 3 heterocycles. The van der Waals surface area contributed by atoms with Crippen molar-refractivity contribution in [2.75, 3.05) is 25.2 Å². The molecule has 19 heavy (non-hydrogen) atoms. The normalized spacial score (nSPS) is 30.7. The van der Waals surface area contributed by atoms with Gasteiger partial charge in [-0.05, 0) is 25.0 Å². The van der Waals surface area contributed by atoms with Crippen LogP contribution in [0.25, 0.3) is 0 Å². The minimum Gasteiger partial charge on any atom is -0.496 e. The summed E-state index contributed by atoms with van der Waals surface area (Å²) in [6.07, 6.45) is 2.83. The lowest BCUT2D eigenvalue weighted by molar-refractivity contribution is -0.0734. The topological polar surface area (TPSA) is 35.5 Å². The average Bonchev–Trinajstić information content (AvgIpc) is 3.07. The van der Waals surface area contributed by atoms with E-state index in [0.29, 0.717) is 0 Å². The molecular weight excluding hydrogens is 280 g/mol. The van der Waals surface area contributed by atoms with Gasteiger partial charge in [0.15, 0.2) is 5.78 Å². The molecule has 0 saturated carbocycles. The minimum absolute atomic E-state index is 0.0232. The minimum atomic E-state index is -0.0232. The molecule has 2 atom stereocenters. The molecule has 2 aliphatic heterocycles. The number of ether oxygens (including phenoxy) is 2. The summed E-state index contributed by atoms with van der Waals surface area (Å²) < 4.78 is 11.1. The van der Waals surface area contributed by atoms with Crippen molar-refractivity contribution in [1.29, 1.82) is 0 Å².